The Balaban J connectivity index is 2.45. The van der Waals surface area contributed by atoms with Crippen LogP contribution in [0.25, 0.3) is 0 Å². The molecule has 2 amide bonds. The maximum atomic E-state index is 13.6. The Labute approximate surface area is 236 Å². The van der Waals surface area contributed by atoms with Crippen LogP contribution in [0.15, 0.2) is 30.3 Å². The van der Waals surface area contributed by atoms with Crippen molar-refractivity contribution in [2.45, 2.75) is 39.3 Å². The van der Waals surface area contributed by atoms with Crippen LogP contribution < -0.4 is 9.62 Å². The van der Waals surface area contributed by atoms with Gasteiger partial charge in [0.1, 0.15) is 12.6 Å². The van der Waals surface area contributed by atoms with Crippen LogP contribution in [-0.2, 0) is 26.2 Å². The number of nitrogens with one attached hydrogen (secondary N) is 1. The minimum Gasteiger partial charge on any atom is -0.354 e. The molecule has 0 aliphatic heterocycles. The number of hydrogen-bond acceptors (Lipinski definition) is 4. The summed E-state index contributed by atoms with van der Waals surface area (Å²) in [6, 6.07) is 6.38. The highest BCUT2D eigenvalue weighted by atomic mass is 35.5. The van der Waals surface area contributed by atoms with E-state index in [1.165, 1.54) is 23.1 Å². The van der Waals surface area contributed by atoms with Crippen molar-refractivity contribution < 1.29 is 18.0 Å². The van der Waals surface area contributed by atoms with E-state index in [9.17, 15) is 18.0 Å². The van der Waals surface area contributed by atoms with E-state index >= 15 is 0 Å². The SMILES string of the molecule is CCCCNC(=O)C(C)N(Cc1ccc(Cl)cc1Cl)C(=O)CN(c1cc(Cl)c(Cl)cc1Cl)S(C)(=O)=O. The van der Waals surface area contributed by atoms with E-state index in [0.29, 0.717) is 22.2 Å². The Hall–Kier alpha value is -1.42. The molecular weight excluding hydrogens is 592 g/mol. The molecule has 0 spiro atoms. The van der Waals surface area contributed by atoms with E-state index in [4.69, 9.17) is 58.0 Å². The molecule has 0 aromatic heterocycles. The van der Waals surface area contributed by atoms with Gasteiger partial charge < -0.3 is 10.2 Å². The first kappa shape index (κ1) is 30.8. The number of hydrogen-bond donors (Lipinski definition) is 1. The first-order chi connectivity index (χ1) is 16.8. The Morgan fingerprint density at radius 1 is 0.972 bits per heavy atom. The standard InChI is InChI=1S/C23H26Cl5N3O4S/c1-4-5-8-29-23(33)14(2)30(12-15-6-7-16(24)9-17(15)25)22(32)13-31(36(3,34)35)21-11-19(27)18(26)10-20(21)28/h6-7,9-11,14H,4-5,8,12-13H2,1-3H3,(H,29,33). The maximum Gasteiger partial charge on any atom is 0.244 e. The van der Waals surface area contributed by atoms with Crippen LogP contribution in [0.2, 0.25) is 25.1 Å². The summed E-state index contributed by atoms with van der Waals surface area (Å²) in [6.45, 7) is 3.28. The van der Waals surface area contributed by atoms with Crippen LogP contribution in [0.1, 0.15) is 32.3 Å². The average molecular weight is 618 g/mol. The van der Waals surface area contributed by atoms with Gasteiger partial charge in [0.2, 0.25) is 21.8 Å². The van der Waals surface area contributed by atoms with Crippen LogP contribution in [-0.4, -0.2) is 50.5 Å². The zero-order valence-electron chi connectivity index (χ0n) is 19.8. The zero-order valence-corrected chi connectivity index (χ0v) is 24.4. The van der Waals surface area contributed by atoms with Gasteiger partial charge in [-0.05, 0) is 43.2 Å². The largest absolute Gasteiger partial charge is 0.354 e. The Morgan fingerprint density at radius 2 is 1.61 bits per heavy atom. The topological polar surface area (TPSA) is 86.8 Å². The van der Waals surface area contributed by atoms with Crippen molar-refractivity contribution in [3.8, 4) is 0 Å². The van der Waals surface area contributed by atoms with Crippen molar-refractivity contribution in [2.75, 3.05) is 23.7 Å². The van der Waals surface area contributed by atoms with E-state index in [1.54, 1.807) is 19.1 Å². The number of amides is 2. The Kier molecular flexibility index (Phi) is 11.5. The third kappa shape index (κ3) is 8.30. The molecule has 1 N–H and O–H groups in total. The molecule has 0 bridgehead atoms. The fraction of sp³-hybridized carbons (Fsp3) is 0.391. The molecule has 0 radical (unpaired) electrons. The number of rotatable bonds is 11. The second-order valence-electron chi connectivity index (χ2n) is 8.07. The molecule has 0 aliphatic carbocycles. The third-order valence-corrected chi connectivity index (χ3v) is 8.03. The summed E-state index contributed by atoms with van der Waals surface area (Å²) in [4.78, 5) is 27.7. The monoisotopic (exact) mass is 615 g/mol. The summed E-state index contributed by atoms with van der Waals surface area (Å²) in [5.74, 6) is -1.05. The van der Waals surface area contributed by atoms with Gasteiger partial charge >= 0.3 is 0 Å². The fourth-order valence-electron chi connectivity index (χ4n) is 3.25. The molecule has 198 valence electrons. The minimum absolute atomic E-state index is 0.0136. The number of sulfonamides is 1. The van der Waals surface area contributed by atoms with Crippen molar-refractivity contribution >= 4 is 85.5 Å². The summed E-state index contributed by atoms with van der Waals surface area (Å²) in [5, 5.41) is 3.67. The average Bonchev–Trinajstić information content (AvgIpc) is 2.78. The first-order valence-corrected chi connectivity index (χ1v) is 14.6. The molecule has 13 heteroatoms. The molecule has 36 heavy (non-hydrogen) atoms. The molecule has 1 atom stereocenters. The van der Waals surface area contributed by atoms with Crippen molar-refractivity contribution in [2.24, 2.45) is 0 Å². The number of unbranched alkanes of at least 4 members (excludes halogenated alkanes) is 1. The van der Waals surface area contributed by atoms with Gasteiger partial charge in [-0.1, -0.05) is 77.4 Å². The summed E-state index contributed by atoms with van der Waals surface area (Å²) in [5.41, 5.74) is 0.507. The molecular formula is C23H26Cl5N3O4S. The number of carbonyl (C=O) groups is 2. The van der Waals surface area contributed by atoms with Crippen molar-refractivity contribution in [1.82, 2.24) is 10.2 Å². The zero-order chi connectivity index (χ0) is 27.2. The molecule has 7 nitrogen and oxygen atoms in total. The predicted molar refractivity (Wildman–Crippen MR) is 148 cm³/mol. The van der Waals surface area contributed by atoms with Crippen molar-refractivity contribution in [1.29, 1.82) is 0 Å². The van der Waals surface area contributed by atoms with Crippen LogP contribution in [0.4, 0.5) is 5.69 Å². The summed E-state index contributed by atoms with van der Waals surface area (Å²) < 4.78 is 26.2. The maximum absolute atomic E-state index is 13.6. The molecule has 2 aromatic carbocycles. The van der Waals surface area contributed by atoms with Crippen molar-refractivity contribution in [3.05, 3.63) is 61.0 Å². The van der Waals surface area contributed by atoms with Crippen LogP contribution >= 0.6 is 58.0 Å². The highest BCUT2D eigenvalue weighted by molar-refractivity contribution is 7.92. The van der Waals surface area contributed by atoms with Gasteiger partial charge in [-0.3, -0.25) is 13.9 Å². The van der Waals surface area contributed by atoms with E-state index in [2.05, 4.69) is 5.32 Å². The highest BCUT2D eigenvalue weighted by Gasteiger charge is 2.31. The smallest absolute Gasteiger partial charge is 0.244 e. The molecule has 2 rings (SSSR count). The molecule has 0 fully saturated rings. The van der Waals surface area contributed by atoms with Gasteiger partial charge in [-0.25, -0.2) is 8.42 Å². The van der Waals surface area contributed by atoms with Gasteiger partial charge in [0.05, 0.1) is 27.0 Å². The number of halogens is 5. The minimum atomic E-state index is -3.99. The van der Waals surface area contributed by atoms with Gasteiger partial charge in [-0.15, -0.1) is 0 Å². The number of anilines is 1. The summed E-state index contributed by atoms with van der Waals surface area (Å²) >= 11 is 30.6. The lowest BCUT2D eigenvalue weighted by Gasteiger charge is -2.32. The normalized spacial score (nSPS) is 12.2. The molecule has 2 aromatic rings. The van der Waals surface area contributed by atoms with E-state index in [1.807, 2.05) is 6.92 Å². The van der Waals surface area contributed by atoms with Crippen LogP contribution in [0.5, 0.6) is 0 Å². The van der Waals surface area contributed by atoms with Gasteiger partial charge in [0.25, 0.3) is 0 Å². The first-order valence-electron chi connectivity index (χ1n) is 10.9. The molecule has 0 aliphatic rings. The molecule has 0 saturated carbocycles. The number of carbonyl (C=O) groups excluding carboxylic acids is 2. The Bertz CT molecular complexity index is 1230. The van der Waals surface area contributed by atoms with E-state index < -0.39 is 28.5 Å². The molecule has 0 heterocycles. The van der Waals surface area contributed by atoms with E-state index in [-0.39, 0.29) is 33.2 Å². The van der Waals surface area contributed by atoms with Gasteiger partial charge in [0.15, 0.2) is 0 Å². The second kappa shape index (κ2) is 13.4. The second-order valence-corrected chi connectivity index (χ2v) is 12.0. The molecule has 1 unspecified atom stereocenters. The molecule has 0 saturated heterocycles. The lowest BCUT2D eigenvalue weighted by molar-refractivity contribution is -0.139. The van der Waals surface area contributed by atoms with Crippen LogP contribution in [0, 0.1) is 0 Å². The van der Waals surface area contributed by atoms with Gasteiger partial charge in [0, 0.05) is 23.1 Å². The highest BCUT2D eigenvalue weighted by Crippen LogP contribution is 2.35. The quantitative estimate of drug-likeness (QED) is 0.246. The summed E-state index contributed by atoms with van der Waals surface area (Å²) in [7, 11) is -3.99. The lowest BCUT2D eigenvalue weighted by Crippen LogP contribution is -2.51. The van der Waals surface area contributed by atoms with Gasteiger partial charge in [-0.2, -0.15) is 0 Å². The fourth-order valence-corrected chi connectivity index (χ4v) is 5.26. The predicted octanol–water partition coefficient (Wildman–Crippen LogP) is 6.05. The van der Waals surface area contributed by atoms with Crippen molar-refractivity contribution in [3.63, 3.8) is 0 Å². The lowest BCUT2D eigenvalue weighted by atomic mass is 10.1. The third-order valence-electron chi connectivity index (χ3n) is 5.29. The Morgan fingerprint density at radius 3 is 2.19 bits per heavy atom. The van der Waals surface area contributed by atoms with E-state index in [0.717, 1.165) is 23.4 Å². The number of benzene rings is 2. The van der Waals surface area contributed by atoms with Crippen LogP contribution in [0.3, 0.4) is 0 Å². The number of nitrogens with zero attached hydrogens (tertiary/aromatic N) is 2. The summed E-state index contributed by atoms with van der Waals surface area (Å²) in [6.07, 6.45) is 2.58.